The number of aromatic nitrogens is 7. The molecule has 0 unspecified atom stereocenters. The van der Waals surface area contributed by atoms with Gasteiger partial charge in [0.1, 0.15) is 0 Å². The Morgan fingerprint density at radius 3 is 0.800 bits per heavy atom. The number of nitrogens with zero attached hydrogens (tertiary/aromatic N) is 10. The van der Waals surface area contributed by atoms with E-state index in [0.29, 0.717) is 45.9 Å². The third-order valence-electron chi connectivity index (χ3n) is 19.3. The molecule has 5 aromatic heterocycles. The van der Waals surface area contributed by atoms with Crippen LogP contribution in [0.5, 0.6) is 11.5 Å². The van der Waals surface area contributed by atoms with Crippen molar-refractivity contribution in [1.82, 2.24) is 33.2 Å². The van der Waals surface area contributed by atoms with Gasteiger partial charge in [-0.05, 0) is 97.1 Å². The smallest absolute Gasteiger partial charge is 0.225 e. The minimum absolute atomic E-state index is 0.385. The normalized spacial score (nSPS) is 11.8. The van der Waals surface area contributed by atoms with Gasteiger partial charge in [0, 0.05) is 65.5 Å². The molecule has 0 N–H and O–H groups in total. The molecule has 0 spiro atoms. The maximum atomic E-state index is 9.47. The van der Waals surface area contributed by atoms with Gasteiger partial charge in [0.2, 0.25) is 11.4 Å². The summed E-state index contributed by atoms with van der Waals surface area (Å²) in [6.07, 6.45) is 0. The van der Waals surface area contributed by atoms with Crippen LogP contribution in [0.1, 0.15) is 0 Å². The highest BCUT2D eigenvalue weighted by Gasteiger charge is 2.35. The lowest BCUT2D eigenvalue weighted by molar-refractivity contribution is 0.477. The standard InChI is InChI=1S/C56H32N6.C33H22N4O/c1-57-51-53(59-43-27-11-3-19-35(43)36-20-4-12-28-44(36)59)52(58-2)55(61-47-31-15-7-23-39(47)40-24-8-16-32-48(40)61)56(62-49-33-17-9-25-41(49)42-26-10-18-34-50(42)62)54(51)60-45-29-13-5-21-37(45)38-22-6-14-30-46(38)60;1-3-11-23(12-4-1)31-34-32(24-13-5-2-6-14-24)36-33(35-31)25-19-21-26(22-20-25)37-27-15-7-9-17-29(27)38-30-18-10-8-16-28(30)37/h3-34H;1-22H. The molecule has 11 nitrogen and oxygen atoms in total. The fourth-order valence-electron chi connectivity index (χ4n) is 15.1. The van der Waals surface area contributed by atoms with Crippen LogP contribution in [0.25, 0.3) is 154 Å². The Bertz CT molecular complexity index is 6140. The van der Waals surface area contributed by atoms with Gasteiger partial charge >= 0.3 is 0 Å². The van der Waals surface area contributed by atoms with E-state index in [1.54, 1.807) is 0 Å². The van der Waals surface area contributed by atoms with Crippen LogP contribution in [0.4, 0.5) is 28.4 Å². The van der Waals surface area contributed by atoms with E-state index in [9.17, 15) is 13.1 Å². The summed E-state index contributed by atoms with van der Waals surface area (Å²) in [5.74, 6) is 3.58. The molecule has 6 heterocycles. The number of ether oxygens (including phenoxy) is 1. The van der Waals surface area contributed by atoms with E-state index in [0.717, 1.165) is 138 Å². The number of rotatable bonds is 8. The molecule has 19 aromatic rings. The predicted octanol–water partition coefficient (Wildman–Crippen LogP) is 23.6. The van der Waals surface area contributed by atoms with Crippen LogP contribution in [0, 0.1) is 13.1 Å². The third-order valence-corrected chi connectivity index (χ3v) is 19.3. The van der Waals surface area contributed by atoms with Crippen molar-refractivity contribution in [3.05, 3.63) is 350 Å². The average Bonchev–Trinajstić information content (AvgIpc) is 1.47. The van der Waals surface area contributed by atoms with E-state index in [4.69, 9.17) is 19.7 Å². The first-order valence-corrected chi connectivity index (χ1v) is 33.2. The summed E-state index contributed by atoms with van der Waals surface area (Å²) in [4.78, 5) is 26.0. The largest absolute Gasteiger partial charge is 0.453 e. The fraction of sp³-hybridized carbons (Fsp3) is 0. The third kappa shape index (κ3) is 8.94. The van der Waals surface area contributed by atoms with E-state index in [-0.39, 0.29) is 0 Å². The van der Waals surface area contributed by atoms with E-state index in [1.807, 2.05) is 109 Å². The number of anilines is 3. The van der Waals surface area contributed by atoms with Crippen molar-refractivity contribution in [2.75, 3.05) is 4.90 Å². The zero-order valence-electron chi connectivity index (χ0n) is 53.6. The maximum Gasteiger partial charge on any atom is 0.225 e. The van der Waals surface area contributed by atoms with Gasteiger partial charge in [-0.25, -0.2) is 24.6 Å². The van der Waals surface area contributed by atoms with Gasteiger partial charge in [-0.15, -0.1) is 0 Å². The molecule has 0 bridgehead atoms. The molecule has 0 radical (unpaired) electrons. The Hall–Kier alpha value is -14.1. The summed E-state index contributed by atoms with van der Waals surface area (Å²) in [6, 6.07) is 112. The summed E-state index contributed by atoms with van der Waals surface area (Å²) in [6.45, 7) is 18.9. The first kappa shape index (κ1) is 57.3. The summed E-state index contributed by atoms with van der Waals surface area (Å²) >= 11 is 0. The minimum Gasteiger partial charge on any atom is -0.453 e. The van der Waals surface area contributed by atoms with Crippen molar-refractivity contribution in [3.8, 4) is 68.4 Å². The lowest BCUT2D eigenvalue weighted by Crippen LogP contribution is -2.15. The summed E-state index contributed by atoms with van der Waals surface area (Å²) < 4.78 is 15.2. The van der Waals surface area contributed by atoms with Gasteiger partial charge in [0.25, 0.3) is 0 Å². The second-order valence-corrected chi connectivity index (χ2v) is 24.8. The van der Waals surface area contributed by atoms with Crippen LogP contribution in [0.2, 0.25) is 0 Å². The quantitative estimate of drug-likeness (QED) is 0.142. The number of benzene rings is 14. The molecular weight excluding hydrogens is 1230 g/mol. The molecule has 14 aromatic carbocycles. The highest BCUT2D eigenvalue weighted by molar-refractivity contribution is 6.18. The zero-order chi connectivity index (χ0) is 66.4. The van der Waals surface area contributed by atoms with Crippen LogP contribution in [0.3, 0.4) is 0 Å². The molecule has 0 saturated carbocycles. The first-order chi connectivity index (χ1) is 49.6. The molecule has 0 atom stereocenters. The molecule has 100 heavy (non-hydrogen) atoms. The summed E-state index contributed by atoms with van der Waals surface area (Å²) in [5, 5.41) is 8.61. The van der Waals surface area contributed by atoms with Gasteiger partial charge < -0.3 is 27.9 Å². The number of para-hydroxylation sites is 12. The molecule has 0 amide bonds. The fourth-order valence-corrected chi connectivity index (χ4v) is 15.1. The van der Waals surface area contributed by atoms with E-state index >= 15 is 0 Å². The highest BCUT2D eigenvalue weighted by atomic mass is 16.5. The Kier molecular flexibility index (Phi) is 13.4. The van der Waals surface area contributed by atoms with Crippen LogP contribution >= 0.6 is 0 Å². The van der Waals surface area contributed by atoms with Gasteiger partial charge in [-0.3, -0.25) is 0 Å². The first-order valence-electron chi connectivity index (χ1n) is 33.2. The van der Waals surface area contributed by atoms with Gasteiger partial charge in [-0.2, -0.15) is 0 Å². The highest BCUT2D eigenvalue weighted by Crippen LogP contribution is 2.55. The monoisotopic (exact) mass is 1280 g/mol. The lowest BCUT2D eigenvalue weighted by Gasteiger charge is -2.32. The number of fused-ring (bicyclic) bond motifs is 14. The molecular formula is C89H54N10O. The molecule has 0 aliphatic carbocycles. The van der Waals surface area contributed by atoms with Crippen molar-refractivity contribution in [3.63, 3.8) is 0 Å². The van der Waals surface area contributed by atoms with Gasteiger partial charge in [-0.1, -0.05) is 231 Å². The molecule has 20 rings (SSSR count). The number of hydrogen-bond acceptors (Lipinski definition) is 5. The second-order valence-electron chi connectivity index (χ2n) is 24.8. The zero-order valence-corrected chi connectivity index (χ0v) is 53.6. The lowest BCUT2D eigenvalue weighted by atomic mass is 10.1. The Morgan fingerprint density at radius 2 is 0.490 bits per heavy atom. The van der Waals surface area contributed by atoms with Crippen molar-refractivity contribution >= 4 is 116 Å². The Morgan fingerprint density at radius 1 is 0.240 bits per heavy atom. The Balaban J connectivity index is 0.000000157. The van der Waals surface area contributed by atoms with Crippen LogP contribution in [-0.2, 0) is 0 Å². The predicted molar refractivity (Wildman–Crippen MR) is 407 cm³/mol. The topological polar surface area (TPSA) is 79.6 Å². The van der Waals surface area contributed by atoms with Gasteiger partial charge in [0.05, 0.1) is 91.4 Å². The molecule has 11 heteroatoms. The van der Waals surface area contributed by atoms with Crippen molar-refractivity contribution in [1.29, 1.82) is 0 Å². The van der Waals surface area contributed by atoms with Crippen molar-refractivity contribution in [2.24, 2.45) is 0 Å². The van der Waals surface area contributed by atoms with Crippen molar-refractivity contribution < 1.29 is 4.74 Å². The molecule has 466 valence electrons. The molecule has 0 fully saturated rings. The molecule has 1 aliphatic heterocycles. The SMILES string of the molecule is [C-]#[N+]c1c(-n2c3ccccc3c3ccccc32)c([N+]#[C-])c(-n2c3ccccc3c3ccccc32)c(-n2c3ccccc3c3ccccc32)c1-n1c2ccccc2c2ccccc21.c1ccc(-c2nc(-c3ccccc3)nc(-c3ccc(N4c5ccccc5Oc5ccccc54)cc3)n2)cc1. The van der Waals surface area contributed by atoms with E-state index in [1.165, 1.54) is 0 Å². The van der Waals surface area contributed by atoms with Gasteiger partial charge in [0.15, 0.2) is 29.0 Å². The van der Waals surface area contributed by atoms with Crippen LogP contribution in [-0.4, -0.2) is 33.2 Å². The average molecular weight is 1280 g/mol. The van der Waals surface area contributed by atoms with E-state index in [2.05, 4.69) is 251 Å². The van der Waals surface area contributed by atoms with Crippen LogP contribution in [0.15, 0.2) is 328 Å². The van der Waals surface area contributed by atoms with Crippen LogP contribution < -0.4 is 9.64 Å². The number of hydrogen-bond donors (Lipinski definition) is 0. The summed E-state index contributed by atoms with van der Waals surface area (Å²) in [5.41, 5.74) is 17.0. The minimum atomic E-state index is 0.385. The Labute approximate surface area is 574 Å². The molecule has 1 aliphatic rings. The van der Waals surface area contributed by atoms with Crippen molar-refractivity contribution in [2.45, 2.75) is 0 Å². The molecule has 0 saturated heterocycles. The summed E-state index contributed by atoms with van der Waals surface area (Å²) in [7, 11) is 0. The maximum absolute atomic E-state index is 9.47. The van der Waals surface area contributed by atoms with E-state index < -0.39 is 0 Å². The second kappa shape index (κ2) is 23.4.